The molecule has 20 heavy (non-hydrogen) atoms. The van der Waals surface area contributed by atoms with Crippen molar-refractivity contribution in [2.45, 2.75) is 18.9 Å². The van der Waals surface area contributed by atoms with Crippen LogP contribution in [0.1, 0.15) is 12.8 Å². The van der Waals surface area contributed by atoms with E-state index in [9.17, 15) is 0 Å². The summed E-state index contributed by atoms with van der Waals surface area (Å²) in [5, 5.41) is 5.64. The quantitative estimate of drug-likeness (QED) is 0.910. The average Bonchev–Trinajstić information content (AvgIpc) is 2.94. The Morgan fingerprint density at radius 1 is 1.20 bits per heavy atom. The molecule has 104 valence electrons. The number of benzene rings is 1. The zero-order valence-electron chi connectivity index (χ0n) is 11.1. The van der Waals surface area contributed by atoms with Crippen LogP contribution in [-0.4, -0.2) is 31.0 Å². The number of nitrogens with one attached hydrogen (secondary N) is 1. The van der Waals surface area contributed by atoms with E-state index in [0.717, 1.165) is 54.1 Å². The predicted octanol–water partition coefficient (Wildman–Crippen LogP) is 2.55. The van der Waals surface area contributed by atoms with Gasteiger partial charge in [-0.05, 0) is 36.4 Å². The molecule has 4 rings (SSSR count). The van der Waals surface area contributed by atoms with E-state index in [0.29, 0.717) is 6.04 Å². The molecule has 3 heterocycles. The monoisotopic (exact) mass is 272 g/mol. The Hall–Kier alpha value is -2.01. The lowest BCUT2D eigenvalue weighted by Crippen LogP contribution is -2.30. The van der Waals surface area contributed by atoms with Crippen LogP contribution in [0.25, 0.3) is 10.8 Å². The Balaban J connectivity index is 1.71. The molecule has 1 atom stereocenters. The summed E-state index contributed by atoms with van der Waals surface area (Å²) in [7, 11) is 0. The van der Waals surface area contributed by atoms with Crippen molar-refractivity contribution >= 4 is 16.6 Å². The van der Waals surface area contributed by atoms with Crippen molar-refractivity contribution in [1.82, 2.24) is 4.98 Å². The maximum atomic E-state index is 5.51. The smallest absolute Gasteiger partial charge is 0.231 e. The minimum atomic E-state index is 0.290. The highest BCUT2D eigenvalue weighted by Gasteiger charge is 2.18. The van der Waals surface area contributed by atoms with Crippen molar-refractivity contribution in [3.63, 3.8) is 0 Å². The van der Waals surface area contributed by atoms with Gasteiger partial charge < -0.3 is 19.5 Å². The van der Waals surface area contributed by atoms with E-state index in [1.165, 1.54) is 0 Å². The molecule has 2 aromatic rings. The minimum Gasteiger partial charge on any atom is -0.454 e. The topological polar surface area (TPSA) is 52.6 Å². The molecule has 0 aliphatic carbocycles. The molecule has 1 N–H and O–H groups in total. The first-order chi connectivity index (χ1) is 9.90. The number of anilines is 1. The van der Waals surface area contributed by atoms with Crippen molar-refractivity contribution in [2.75, 3.05) is 25.3 Å². The molecule has 5 heteroatoms. The summed E-state index contributed by atoms with van der Waals surface area (Å²) < 4.78 is 16.4. The number of hydrogen-bond donors (Lipinski definition) is 1. The summed E-state index contributed by atoms with van der Waals surface area (Å²) in [6.07, 6.45) is 4.02. The van der Waals surface area contributed by atoms with Crippen LogP contribution in [0.3, 0.4) is 0 Å². The maximum absolute atomic E-state index is 5.51. The summed E-state index contributed by atoms with van der Waals surface area (Å²) in [4.78, 5) is 4.46. The molecule has 2 aliphatic heterocycles. The second kappa shape index (κ2) is 4.83. The highest BCUT2D eigenvalue weighted by atomic mass is 16.7. The molecule has 1 aromatic heterocycles. The fourth-order valence-corrected chi connectivity index (χ4v) is 2.73. The number of nitrogens with zero attached hydrogens (tertiary/aromatic N) is 1. The first-order valence-corrected chi connectivity index (χ1v) is 6.93. The summed E-state index contributed by atoms with van der Waals surface area (Å²) in [5.41, 5.74) is 0. The Labute approximate surface area is 116 Å². The molecule has 1 fully saturated rings. The van der Waals surface area contributed by atoms with Gasteiger partial charge in [-0.25, -0.2) is 4.98 Å². The van der Waals surface area contributed by atoms with Crippen LogP contribution in [0.5, 0.6) is 11.5 Å². The van der Waals surface area contributed by atoms with E-state index in [4.69, 9.17) is 14.2 Å². The Morgan fingerprint density at radius 3 is 2.95 bits per heavy atom. The normalized spacial score (nSPS) is 21.1. The Kier molecular flexibility index (Phi) is 2.85. The highest BCUT2D eigenvalue weighted by molar-refractivity contribution is 5.94. The average molecular weight is 272 g/mol. The molecule has 0 radical (unpaired) electrons. The van der Waals surface area contributed by atoms with E-state index < -0.39 is 0 Å². The second-order valence-corrected chi connectivity index (χ2v) is 5.14. The molecule has 0 bridgehead atoms. The fourth-order valence-electron chi connectivity index (χ4n) is 2.73. The molecular formula is C15H16N2O3. The van der Waals surface area contributed by atoms with Crippen molar-refractivity contribution in [3.05, 3.63) is 24.4 Å². The van der Waals surface area contributed by atoms with Crippen molar-refractivity contribution in [2.24, 2.45) is 0 Å². The fraction of sp³-hybridized carbons (Fsp3) is 0.400. The summed E-state index contributed by atoms with van der Waals surface area (Å²) in [6, 6.07) is 6.31. The number of aromatic nitrogens is 1. The Morgan fingerprint density at radius 2 is 2.10 bits per heavy atom. The lowest BCUT2D eigenvalue weighted by Gasteiger charge is -2.24. The third-order valence-corrected chi connectivity index (χ3v) is 3.76. The van der Waals surface area contributed by atoms with Gasteiger partial charge >= 0.3 is 0 Å². The van der Waals surface area contributed by atoms with Gasteiger partial charge in [0, 0.05) is 18.2 Å². The van der Waals surface area contributed by atoms with E-state index in [-0.39, 0.29) is 6.79 Å². The molecule has 0 saturated carbocycles. The zero-order chi connectivity index (χ0) is 13.4. The Bertz CT molecular complexity index is 638. The van der Waals surface area contributed by atoms with Crippen LogP contribution in [0.2, 0.25) is 0 Å². The van der Waals surface area contributed by atoms with Gasteiger partial charge in [0.25, 0.3) is 0 Å². The van der Waals surface area contributed by atoms with Crippen LogP contribution >= 0.6 is 0 Å². The maximum Gasteiger partial charge on any atom is 0.231 e. The molecule has 1 saturated heterocycles. The number of ether oxygens (including phenoxy) is 3. The van der Waals surface area contributed by atoms with E-state index >= 15 is 0 Å². The van der Waals surface area contributed by atoms with E-state index in [1.807, 2.05) is 24.4 Å². The number of pyridine rings is 1. The van der Waals surface area contributed by atoms with Crippen LogP contribution in [0.4, 0.5) is 5.82 Å². The molecular weight excluding hydrogens is 256 g/mol. The largest absolute Gasteiger partial charge is 0.454 e. The lowest BCUT2D eigenvalue weighted by molar-refractivity contribution is 0.0875. The van der Waals surface area contributed by atoms with Gasteiger partial charge in [0.15, 0.2) is 11.5 Å². The number of fused-ring (bicyclic) bond motifs is 2. The summed E-state index contributed by atoms with van der Waals surface area (Å²) >= 11 is 0. The third-order valence-electron chi connectivity index (χ3n) is 3.76. The van der Waals surface area contributed by atoms with Gasteiger partial charge in [0.2, 0.25) is 6.79 Å². The number of rotatable bonds is 2. The standard InChI is InChI=1S/C15H16N2O3/c1-2-11(8-18-5-1)17-15-12-7-14-13(19-9-20-14)6-10(12)3-4-16-15/h3-4,6-7,11H,1-2,5,8-9H2,(H,16,17). The molecule has 0 spiro atoms. The molecule has 1 unspecified atom stereocenters. The minimum absolute atomic E-state index is 0.290. The molecule has 1 aromatic carbocycles. The van der Waals surface area contributed by atoms with Crippen molar-refractivity contribution in [1.29, 1.82) is 0 Å². The third kappa shape index (κ3) is 2.04. The van der Waals surface area contributed by atoms with Crippen molar-refractivity contribution in [3.8, 4) is 11.5 Å². The summed E-state index contributed by atoms with van der Waals surface area (Å²) in [5.74, 6) is 2.47. The zero-order valence-corrected chi connectivity index (χ0v) is 11.1. The van der Waals surface area contributed by atoms with E-state index in [2.05, 4.69) is 10.3 Å². The van der Waals surface area contributed by atoms with Gasteiger partial charge in [-0.15, -0.1) is 0 Å². The van der Waals surface area contributed by atoms with Crippen molar-refractivity contribution < 1.29 is 14.2 Å². The van der Waals surface area contributed by atoms with E-state index in [1.54, 1.807) is 0 Å². The molecule has 5 nitrogen and oxygen atoms in total. The predicted molar refractivity (Wildman–Crippen MR) is 75.3 cm³/mol. The highest BCUT2D eigenvalue weighted by Crippen LogP contribution is 2.38. The molecule has 2 aliphatic rings. The van der Waals surface area contributed by atoms with Crippen LogP contribution in [-0.2, 0) is 4.74 Å². The van der Waals surface area contributed by atoms with Crippen LogP contribution in [0, 0.1) is 0 Å². The van der Waals surface area contributed by atoms with Crippen LogP contribution in [0.15, 0.2) is 24.4 Å². The first kappa shape index (κ1) is 11.8. The first-order valence-electron chi connectivity index (χ1n) is 6.93. The lowest BCUT2D eigenvalue weighted by atomic mass is 10.1. The van der Waals surface area contributed by atoms with Gasteiger partial charge in [0.05, 0.1) is 12.6 Å². The van der Waals surface area contributed by atoms with Gasteiger partial charge in [0.1, 0.15) is 5.82 Å². The number of hydrogen-bond acceptors (Lipinski definition) is 5. The summed E-state index contributed by atoms with van der Waals surface area (Å²) in [6.45, 7) is 1.89. The molecule has 0 amide bonds. The van der Waals surface area contributed by atoms with Crippen LogP contribution < -0.4 is 14.8 Å². The van der Waals surface area contributed by atoms with Gasteiger partial charge in [-0.2, -0.15) is 0 Å². The van der Waals surface area contributed by atoms with Gasteiger partial charge in [-0.1, -0.05) is 0 Å². The van der Waals surface area contributed by atoms with Gasteiger partial charge in [-0.3, -0.25) is 0 Å². The SMILES string of the molecule is c1cc2cc3c(cc2c(NC2CCCOC2)n1)OCO3. The second-order valence-electron chi connectivity index (χ2n) is 5.14.